The van der Waals surface area contributed by atoms with Crippen molar-refractivity contribution < 1.29 is 4.39 Å². The topological polar surface area (TPSA) is 38.9 Å². The molecule has 0 saturated carbocycles. The van der Waals surface area contributed by atoms with Gasteiger partial charge in [-0.2, -0.15) is 0 Å². The zero-order valence-electron chi connectivity index (χ0n) is 8.58. The van der Waals surface area contributed by atoms with E-state index in [0.29, 0.717) is 0 Å². The van der Waals surface area contributed by atoms with Gasteiger partial charge in [0.1, 0.15) is 10.8 Å². The molecule has 1 atom stereocenters. The average molecular weight is 257 g/mol. The Hall–Kier alpha value is -0.970. The molecule has 2 N–H and O–H groups in total. The Bertz CT molecular complexity index is 512. The third-order valence-electron chi connectivity index (χ3n) is 2.21. The fraction of sp³-hybridized carbons (Fsp3) is 0.182. The summed E-state index contributed by atoms with van der Waals surface area (Å²) in [5.74, 6) is -0.437. The van der Waals surface area contributed by atoms with Gasteiger partial charge in [-0.1, -0.05) is 17.7 Å². The monoisotopic (exact) mass is 256 g/mol. The highest BCUT2D eigenvalue weighted by Gasteiger charge is 2.13. The van der Waals surface area contributed by atoms with Crippen LogP contribution >= 0.6 is 22.9 Å². The first kappa shape index (κ1) is 11.5. The number of thiazole rings is 1. The zero-order valence-corrected chi connectivity index (χ0v) is 10.1. The minimum atomic E-state index is -0.437. The third kappa shape index (κ3) is 2.24. The maximum absolute atomic E-state index is 13.0. The Kier molecular flexibility index (Phi) is 3.23. The highest BCUT2D eigenvalue weighted by Crippen LogP contribution is 2.25. The minimum absolute atomic E-state index is 0.0845. The number of nitrogens with two attached hydrogens (primary N) is 1. The summed E-state index contributed by atoms with van der Waals surface area (Å²) >= 11 is 7.19. The summed E-state index contributed by atoms with van der Waals surface area (Å²) in [6.07, 6.45) is 0. The van der Waals surface area contributed by atoms with E-state index in [2.05, 4.69) is 4.98 Å². The molecule has 2 aromatic rings. The van der Waals surface area contributed by atoms with Gasteiger partial charge in [0.05, 0.1) is 11.1 Å². The quantitative estimate of drug-likeness (QED) is 0.896. The van der Waals surface area contributed by atoms with Crippen molar-refractivity contribution in [1.82, 2.24) is 4.98 Å². The summed E-state index contributed by atoms with van der Waals surface area (Å²) < 4.78 is 13.0. The van der Waals surface area contributed by atoms with E-state index in [1.165, 1.54) is 23.5 Å². The number of nitrogens with zero attached hydrogens (tertiary/aromatic N) is 1. The van der Waals surface area contributed by atoms with Crippen LogP contribution in [0.1, 0.15) is 22.3 Å². The van der Waals surface area contributed by atoms with E-state index in [1.807, 2.05) is 12.3 Å². The number of aromatic nitrogens is 1. The van der Waals surface area contributed by atoms with Crippen LogP contribution in [0.15, 0.2) is 23.6 Å². The lowest BCUT2D eigenvalue weighted by atomic mass is 10.1. The number of hydrogen-bond acceptors (Lipinski definition) is 3. The molecule has 0 saturated heterocycles. The summed E-state index contributed by atoms with van der Waals surface area (Å²) in [4.78, 5) is 4.30. The number of aryl methyl sites for hydroxylation is 1. The molecule has 84 valence electrons. The van der Waals surface area contributed by atoms with E-state index in [-0.39, 0.29) is 11.1 Å². The van der Waals surface area contributed by atoms with Crippen LogP contribution in [0.25, 0.3) is 0 Å². The molecule has 16 heavy (non-hydrogen) atoms. The van der Waals surface area contributed by atoms with Crippen molar-refractivity contribution >= 4 is 22.9 Å². The van der Waals surface area contributed by atoms with Gasteiger partial charge in [0.2, 0.25) is 0 Å². The van der Waals surface area contributed by atoms with Crippen LogP contribution in [0.4, 0.5) is 4.39 Å². The normalized spacial score (nSPS) is 12.8. The van der Waals surface area contributed by atoms with Crippen molar-refractivity contribution in [2.24, 2.45) is 5.73 Å². The summed E-state index contributed by atoms with van der Waals surface area (Å²) in [6.45, 7) is 1.91. The molecule has 1 unspecified atom stereocenters. The fourth-order valence-electron chi connectivity index (χ4n) is 1.36. The van der Waals surface area contributed by atoms with E-state index in [9.17, 15) is 4.39 Å². The van der Waals surface area contributed by atoms with Crippen molar-refractivity contribution in [3.8, 4) is 0 Å². The smallest absolute Gasteiger partial charge is 0.141 e. The number of benzene rings is 1. The van der Waals surface area contributed by atoms with Crippen LogP contribution in [-0.4, -0.2) is 4.98 Å². The van der Waals surface area contributed by atoms with Gasteiger partial charge in [0.25, 0.3) is 0 Å². The van der Waals surface area contributed by atoms with Gasteiger partial charge < -0.3 is 5.73 Å². The Morgan fingerprint density at radius 3 is 2.81 bits per heavy atom. The molecular formula is C11H10ClFN2S. The molecule has 1 heterocycles. The fourth-order valence-corrected chi connectivity index (χ4v) is 2.38. The molecule has 0 amide bonds. The van der Waals surface area contributed by atoms with Crippen LogP contribution < -0.4 is 5.73 Å². The first-order chi connectivity index (χ1) is 7.58. The predicted octanol–water partition coefficient (Wildman–Crippen LogP) is 3.29. The van der Waals surface area contributed by atoms with E-state index in [1.54, 1.807) is 6.07 Å². The molecule has 0 spiro atoms. The molecule has 0 aliphatic heterocycles. The van der Waals surface area contributed by atoms with E-state index in [4.69, 9.17) is 17.3 Å². The van der Waals surface area contributed by atoms with Crippen LogP contribution in [0.5, 0.6) is 0 Å². The first-order valence-corrected chi connectivity index (χ1v) is 5.96. The van der Waals surface area contributed by atoms with Gasteiger partial charge in [0.15, 0.2) is 0 Å². The lowest BCUT2D eigenvalue weighted by molar-refractivity contribution is 0.626. The average Bonchev–Trinajstić information content (AvgIpc) is 2.68. The highest BCUT2D eigenvalue weighted by molar-refractivity contribution is 7.09. The maximum Gasteiger partial charge on any atom is 0.141 e. The maximum atomic E-state index is 13.0. The van der Waals surface area contributed by atoms with Crippen LogP contribution in [0.2, 0.25) is 5.02 Å². The molecule has 0 radical (unpaired) electrons. The lowest BCUT2D eigenvalue weighted by Crippen LogP contribution is -2.11. The Labute approximate surface area is 102 Å². The Morgan fingerprint density at radius 1 is 1.50 bits per heavy atom. The Balaban J connectivity index is 2.33. The number of rotatable bonds is 2. The lowest BCUT2D eigenvalue weighted by Gasteiger charge is -2.09. The molecule has 2 rings (SSSR count). The van der Waals surface area contributed by atoms with Crippen molar-refractivity contribution in [3.05, 3.63) is 50.7 Å². The second-order valence-electron chi connectivity index (χ2n) is 3.48. The van der Waals surface area contributed by atoms with Gasteiger partial charge in [-0.15, -0.1) is 11.3 Å². The van der Waals surface area contributed by atoms with Gasteiger partial charge in [-0.05, 0) is 24.6 Å². The zero-order chi connectivity index (χ0) is 11.7. The van der Waals surface area contributed by atoms with Gasteiger partial charge in [-0.3, -0.25) is 0 Å². The van der Waals surface area contributed by atoms with E-state index in [0.717, 1.165) is 16.3 Å². The summed E-state index contributed by atoms with van der Waals surface area (Å²) in [5, 5.41) is 2.82. The third-order valence-corrected chi connectivity index (χ3v) is 3.54. The molecule has 1 aromatic heterocycles. The Morgan fingerprint density at radius 2 is 2.25 bits per heavy atom. The highest BCUT2D eigenvalue weighted by atomic mass is 35.5. The molecule has 0 bridgehead atoms. The standard InChI is InChI=1S/C11H10ClFN2S/c1-6-5-16-11(15-6)10(14)7-2-3-9(13)8(12)4-7/h2-5,10H,14H2,1H3. The molecule has 5 heteroatoms. The largest absolute Gasteiger partial charge is 0.318 e. The molecular weight excluding hydrogens is 247 g/mol. The second kappa shape index (κ2) is 4.49. The number of hydrogen-bond donors (Lipinski definition) is 1. The first-order valence-electron chi connectivity index (χ1n) is 4.70. The minimum Gasteiger partial charge on any atom is -0.318 e. The van der Waals surface area contributed by atoms with Gasteiger partial charge in [-0.25, -0.2) is 9.37 Å². The molecule has 0 aliphatic rings. The molecule has 0 aliphatic carbocycles. The van der Waals surface area contributed by atoms with Gasteiger partial charge >= 0.3 is 0 Å². The molecule has 2 nitrogen and oxygen atoms in total. The van der Waals surface area contributed by atoms with Crippen LogP contribution in [0.3, 0.4) is 0 Å². The second-order valence-corrected chi connectivity index (χ2v) is 4.78. The predicted molar refractivity (Wildman–Crippen MR) is 64.3 cm³/mol. The molecule has 0 fully saturated rings. The van der Waals surface area contributed by atoms with E-state index >= 15 is 0 Å². The van der Waals surface area contributed by atoms with Crippen LogP contribution in [-0.2, 0) is 0 Å². The van der Waals surface area contributed by atoms with Gasteiger partial charge in [0, 0.05) is 11.1 Å². The van der Waals surface area contributed by atoms with Crippen molar-refractivity contribution in [3.63, 3.8) is 0 Å². The van der Waals surface area contributed by atoms with Crippen LogP contribution in [0, 0.1) is 12.7 Å². The van der Waals surface area contributed by atoms with Crippen molar-refractivity contribution in [2.45, 2.75) is 13.0 Å². The molecule has 1 aromatic carbocycles. The summed E-state index contributed by atoms with van der Waals surface area (Å²) in [5.41, 5.74) is 7.71. The SMILES string of the molecule is Cc1csc(C(N)c2ccc(F)c(Cl)c2)n1. The van der Waals surface area contributed by atoms with E-state index < -0.39 is 5.82 Å². The van der Waals surface area contributed by atoms with Crippen molar-refractivity contribution in [1.29, 1.82) is 0 Å². The summed E-state index contributed by atoms with van der Waals surface area (Å²) in [6, 6.07) is 4.13. The number of halogens is 2. The summed E-state index contributed by atoms with van der Waals surface area (Å²) in [7, 11) is 0. The van der Waals surface area contributed by atoms with Crippen molar-refractivity contribution in [2.75, 3.05) is 0 Å².